The molecule has 1 aliphatic heterocycles. The molecule has 2 aromatic heterocycles. The second-order valence-electron chi connectivity index (χ2n) is 4.50. The molecule has 0 aromatic carbocycles. The first-order valence-electron chi connectivity index (χ1n) is 6.07. The van der Waals surface area contributed by atoms with Crippen LogP contribution in [0.2, 0.25) is 0 Å². The minimum absolute atomic E-state index is 0.354. The van der Waals surface area contributed by atoms with E-state index in [1.54, 1.807) is 0 Å². The largest absolute Gasteiger partial charge is 0.378 e. The Hall–Kier alpha value is -0.870. The van der Waals surface area contributed by atoms with Gasteiger partial charge in [0.25, 0.3) is 0 Å². The molecule has 3 rings (SSSR count). The van der Waals surface area contributed by atoms with Gasteiger partial charge < -0.3 is 4.74 Å². The number of fused-ring (bicyclic) bond motifs is 1. The molecule has 0 bridgehead atoms. The van der Waals surface area contributed by atoms with E-state index >= 15 is 0 Å². The molecule has 17 heavy (non-hydrogen) atoms. The van der Waals surface area contributed by atoms with Crippen molar-refractivity contribution in [2.45, 2.75) is 31.8 Å². The van der Waals surface area contributed by atoms with Gasteiger partial charge in [0, 0.05) is 19.2 Å². The van der Waals surface area contributed by atoms with E-state index in [0.717, 1.165) is 35.4 Å². The molecule has 90 valence electrons. The molecule has 1 unspecified atom stereocenters. The van der Waals surface area contributed by atoms with Crippen LogP contribution in [0.4, 0.5) is 0 Å². The Bertz CT molecular complexity index is 517. The van der Waals surface area contributed by atoms with Gasteiger partial charge in [-0.05, 0) is 47.3 Å². The zero-order valence-electron chi connectivity index (χ0n) is 9.60. The Morgan fingerprint density at radius 3 is 3.12 bits per heavy atom. The average Bonchev–Trinajstić information content (AvgIpc) is 2.74. The number of imidazole rings is 1. The Balaban J connectivity index is 1.83. The fourth-order valence-corrected chi connectivity index (χ4v) is 2.76. The topological polar surface area (TPSA) is 26.5 Å². The highest BCUT2D eigenvalue weighted by Gasteiger charge is 2.16. The number of halogens is 1. The maximum Gasteiger partial charge on any atom is 0.137 e. The third-order valence-corrected chi connectivity index (χ3v) is 3.85. The van der Waals surface area contributed by atoms with Gasteiger partial charge in [0.15, 0.2) is 0 Å². The summed E-state index contributed by atoms with van der Waals surface area (Å²) in [6.07, 6.45) is 7.02. The van der Waals surface area contributed by atoms with E-state index in [9.17, 15) is 0 Å². The Labute approximate surface area is 109 Å². The third-order valence-electron chi connectivity index (χ3n) is 3.20. The van der Waals surface area contributed by atoms with Crippen molar-refractivity contribution in [2.24, 2.45) is 0 Å². The van der Waals surface area contributed by atoms with E-state index < -0.39 is 0 Å². The SMILES string of the molecule is Brc1cccc2nc(CC3CCCCO3)cn12. The third kappa shape index (κ3) is 2.38. The predicted molar refractivity (Wildman–Crippen MR) is 70.2 cm³/mol. The molecule has 0 radical (unpaired) electrons. The van der Waals surface area contributed by atoms with Crippen LogP contribution < -0.4 is 0 Å². The molecule has 1 fully saturated rings. The molecule has 3 heterocycles. The molecule has 2 aromatic rings. The van der Waals surface area contributed by atoms with Gasteiger partial charge in [-0.15, -0.1) is 0 Å². The predicted octanol–water partition coefficient (Wildman–Crippen LogP) is 3.21. The van der Waals surface area contributed by atoms with E-state index in [1.165, 1.54) is 12.8 Å². The summed E-state index contributed by atoms with van der Waals surface area (Å²) in [4.78, 5) is 4.62. The van der Waals surface area contributed by atoms with Gasteiger partial charge >= 0.3 is 0 Å². The first-order chi connectivity index (χ1) is 8.33. The monoisotopic (exact) mass is 294 g/mol. The second kappa shape index (κ2) is 4.78. The van der Waals surface area contributed by atoms with Gasteiger partial charge in [0.05, 0.1) is 16.4 Å². The smallest absolute Gasteiger partial charge is 0.137 e. The molecule has 1 aliphatic rings. The highest BCUT2D eigenvalue weighted by Crippen LogP contribution is 2.19. The summed E-state index contributed by atoms with van der Waals surface area (Å²) in [6, 6.07) is 6.05. The second-order valence-corrected chi connectivity index (χ2v) is 5.31. The van der Waals surface area contributed by atoms with Crippen molar-refractivity contribution < 1.29 is 4.74 Å². The first kappa shape index (κ1) is 11.2. The van der Waals surface area contributed by atoms with Crippen molar-refractivity contribution >= 4 is 21.6 Å². The van der Waals surface area contributed by atoms with Gasteiger partial charge in [0.1, 0.15) is 5.65 Å². The van der Waals surface area contributed by atoms with E-state index in [1.807, 2.05) is 18.2 Å². The highest BCUT2D eigenvalue weighted by molar-refractivity contribution is 9.10. The zero-order valence-corrected chi connectivity index (χ0v) is 11.2. The number of hydrogen-bond donors (Lipinski definition) is 0. The van der Waals surface area contributed by atoms with Crippen molar-refractivity contribution in [1.29, 1.82) is 0 Å². The van der Waals surface area contributed by atoms with E-state index in [-0.39, 0.29) is 0 Å². The van der Waals surface area contributed by atoms with Crippen LogP contribution in [0.3, 0.4) is 0 Å². The average molecular weight is 295 g/mol. The lowest BCUT2D eigenvalue weighted by Crippen LogP contribution is -2.21. The van der Waals surface area contributed by atoms with Gasteiger partial charge in [0.2, 0.25) is 0 Å². The molecule has 3 nitrogen and oxygen atoms in total. The van der Waals surface area contributed by atoms with Crippen molar-refractivity contribution in [1.82, 2.24) is 9.38 Å². The lowest BCUT2D eigenvalue weighted by atomic mass is 10.1. The summed E-state index contributed by atoms with van der Waals surface area (Å²) in [5.41, 5.74) is 2.11. The molecule has 0 aliphatic carbocycles. The minimum Gasteiger partial charge on any atom is -0.378 e. The summed E-state index contributed by atoms with van der Waals surface area (Å²) in [5.74, 6) is 0. The molecule has 0 amide bonds. The molecule has 4 heteroatoms. The maximum absolute atomic E-state index is 5.75. The normalized spacial score (nSPS) is 20.9. The Morgan fingerprint density at radius 1 is 1.41 bits per heavy atom. The lowest BCUT2D eigenvalue weighted by molar-refractivity contribution is 0.0163. The quantitative estimate of drug-likeness (QED) is 0.795. The van der Waals surface area contributed by atoms with E-state index in [4.69, 9.17) is 4.74 Å². The maximum atomic E-state index is 5.75. The standard InChI is InChI=1S/C13H15BrN2O/c14-12-5-3-6-13-15-10(9-16(12)13)8-11-4-1-2-7-17-11/h3,5-6,9,11H,1-2,4,7-8H2. The van der Waals surface area contributed by atoms with E-state index in [0.29, 0.717) is 6.10 Å². The molecule has 1 atom stereocenters. The summed E-state index contributed by atoms with van der Waals surface area (Å²) < 4.78 is 8.85. The number of hydrogen-bond acceptors (Lipinski definition) is 2. The molecular formula is C13H15BrN2O. The van der Waals surface area contributed by atoms with Crippen LogP contribution in [0.25, 0.3) is 5.65 Å². The van der Waals surface area contributed by atoms with Crippen molar-refractivity contribution in [3.05, 3.63) is 34.7 Å². The Morgan fingerprint density at radius 2 is 2.35 bits per heavy atom. The van der Waals surface area contributed by atoms with Crippen molar-refractivity contribution in [2.75, 3.05) is 6.61 Å². The fourth-order valence-electron chi connectivity index (χ4n) is 2.33. The highest BCUT2D eigenvalue weighted by atomic mass is 79.9. The number of pyridine rings is 1. The minimum atomic E-state index is 0.354. The lowest BCUT2D eigenvalue weighted by Gasteiger charge is -2.21. The zero-order chi connectivity index (χ0) is 11.7. The van der Waals surface area contributed by atoms with Gasteiger partial charge in [-0.2, -0.15) is 0 Å². The molecular weight excluding hydrogens is 280 g/mol. The number of ether oxygens (including phenoxy) is 1. The van der Waals surface area contributed by atoms with Crippen LogP contribution in [0.1, 0.15) is 25.0 Å². The molecule has 0 spiro atoms. The summed E-state index contributed by atoms with van der Waals surface area (Å²) in [7, 11) is 0. The molecule has 1 saturated heterocycles. The summed E-state index contributed by atoms with van der Waals surface area (Å²) in [5, 5.41) is 0. The van der Waals surface area contributed by atoms with Crippen LogP contribution in [0.5, 0.6) is 0 Å². The van der Waals surface area contributed by atoms with Crippen LogP contribution in [0, 0.1) is 0 Å². The number of nitrogens with zero attached hydrogens (tertiary/aromatic N) is 2. The fraction of sp³-hybridized carbons (Fsp3) is 0.462. The van der Waals surface area contributed by atoms with Gasteiger partial charge in [-0.1, -0.05) is 6.07 Å². The number of rotatable bonds is 2. The van der Waals surface area contributed by atoms with Crippen molar-refractivity contribution in [3.63, 3.8) is 0 Å². The van der Waals surface area contributed by atoms with Crippen LogP contribution in [0.15, 0.2) is 29.0 Å². The van der Waals surface area contributed by atoms with Crippen LogP contribution >= 0.6 is 15.9 Å². The van der Waals surface area contributed by atoms with Gasteiger partial charge in [-0.25, -0.2) is 4.98 Å². The Kier molecular flexibility index (Phi) is 3.16. The molecule has 0 N–H and O–H groups in total. The first-order valence-corrected chi connectivity index (χ1v) is 6.86. The molecule has 0 saturated carbocycles. The van der Waals surface area contributed by atoms with Crippen LogP contribution in [-0.2, 0) is 11.2 Å². The number of aromatic nitrogens is 2. The van der Waals surface area contributed by atoms with Crippen LogP contribution in [-0.4, -0.2) is 22.1 Å². The van der Waals surface area contributed by atoms with E-state index in [2.05, 4.69) is 31.5 Å². The summed E-state index contributed by atoms with van der Waals surface area (Å²) >= 11 is 3.53. The van der Waals surface area contributed by atoms with Gasteiger partial charge in [-0.3, -0.25) is 4.40 Å². The van der Waals surface area contributed by atoms with Crippen molar-refractivity contribution in [3.8, 4) is 0 Å². The summed E-state index contributed by atoms with van der Waals surface area (Å²) in [6.45, 7) is 0.904.